The summed E-state index contributed by atoms with van der Waals surface area (Å²) >= 11 is 1.48. The van der Waals surface area contributed by atoms with Crippen molar-refractivity contribution in [3.63, 3.8) is 0 Å². The minimum absolute atomic E-state index is 0.00448. The van der Waals surface area contributed by atoms with Gasteiger partial charge in [0, 0.05) is 17.3 Å². The lowest BCUT2D eigenvalue weighted by atomic mass is 10.1. The third-order valence-electron chi connectivity index (χ3n) is 4.42. The summed E-state index contributed by atoms with van der Waals surface area (Å²) in [6, 6.07) is 11.6. The van der Waals surface area contributed by atoms with Crippen LogP contribution in [-0.2, 0) is 10.0 Å². The molecule has 1 heterocycles. The van der Waals surface area contributed by atoms with Crippen molar-refractivity contribution in [2.45, 2.75) is 30.6 Å². The number of aromatic nitrogens is 2. The molecule has 0 aliphatic heterocycles. The number of hydrogen-bond donors (Lipinski definition) is 0. The first-order chi connectivity index (χ1) is 13.3. The van der Waals surface area contributed by atoms with Crippen LogP contribution in [0, 0.1) is 13.8 Å². The van der Waals surface area contributed by atoms with Crippen molar-refractivity contribution in [1.82, 2.24) is 8.54 Å². The van der Waals surface area contributed by atoms with Crippen molar-refractivity contribution in [2.24, 2.45) is 0 Å². The number of nitrogens with zero attached hydrogens (tertiary/aromatic N) is 2. The van der Waals surface area contributed by atoms with Crippen molar-refractivity contribution in [3.8, 4) is 0 Å². The fraction of sp³-hybridized carbons (Fsp3) is 0.200. The third-order valence-corrected chi connectivity index (χ3v) is 7.02. The van der Waals surface area contributed by atoms with E-state index in [4.69, 9.17) is 0 Å². The van der Waals surface area contributed by atoms with Gasteiger partial charge in [-0.1, -0.05) is 25.1 Å². The van der Waals surface area contributed by atoms with Gasteiger partial charge in [-0.05, 0) is 55.0 Å². The van der Waals surface area contributed by atoms with Crippen LogP contribution in [0.3, 0.4) is 0 Å². The molecule has 8 heteroatoms. The van der Waals surface area contributed by atoms with E-state index in [2.05, 4.69) is 0 Å². The van der Waals surface area contributed by atoms with Gasteiger partial charge < -0.3 is 0 Å². The van der Waals surface area contributed by atoms with Gasteiger partial charge >= 0.3 is 5.69 Å². The first kappa shape index (κ1) is 20.2. The molecule has 0 saturated heterocycles. The van der Waals surface area contributed by atoms with Gasteiger partial charge in [0.15, 0.2) is 0 Å². The molecular weight excluding hydrogens is 396 g/mol. The quantitative estimate of drug-likeness (QED) is 0.597. The zero-order chi connectivity index (χ0) is 20.5. The van der Waals surface area contributed by atoms with Crippen molar-refractivity contribution >= 4 is 27.7 Å². The molecule has 3 aromatic rings. The second kappa shape index (κ2) is 7.81. The normalized spacial score (nSPS) is 11.5. The number of benzene rings is 2. The Labute approximate surface area is 167 Å². The predicted molar refractivity (Wildman–Crippen MR) is 110 cm³/mol. The average molecular weight is 417 g/mol. The molecule has 6 nitrogen and oxygen atoms in total. The van der Waals surface area contributed by atoms with E-state index in [-0.39, 0.29) is 4.90 Å². The lowest BCUT2D eigenvalue weighted by molar-refractivity contribution is 0.0953. The summed E-state index contributed by atoms with van der Waals surface area (Å²) in [4.78, 5) is 26.4. The van der Waals surface area contributed by atoms with Crippen molar-refractivity contribution in [3.05, 3.63) is 82.0 Å². The maximum absolute atomic E-state index is 12.9. The molecule has 0 N–H and O–H groups in total. The van der Waals surface area contributed by atoms with E-state index in [0.717, 1.165) is 32.5 Å². The van der Waals surface area contributed by atoms with Crippen LogP contribution in [-0.4, -0.2) is 28.6 Å². The van der Waals surface area contributed by atoms with Gasteiger partial charge in [-0.2, -0.15) is 3.97 Å². The van der Waals surface area contributed by atoms with Crippen molar-refractivity contribution in [2.75, 3.05) is 5.75 Å². The Morgan fingerprint density at radius 3 is 2.43 bits per heavy atom. The topological polar surface area (TPSA) is 78.1 Å². The number of aryl methyl sites for hydroxylation is 2. The molecule has 0 unspecified atom stereocenters. The molecule has 0 atom stereocenters. The maximum Gasteiger partial charge on any atom is 0.349 e. The lowest BCUT2D eigenvalue weighted by Gasteiger charge is -2.08. The summed E-state index contributed by atoms with van der Waals surface area (Å²) in [7, 11) is -4.10. The van der Waals surface area contributed by atoms with E-state index in [1.54, 1.807) is 31.2 Å². The Hall–Kier alpha value is -2.58. The molecule has 28 heavy (non-hydrogen) atoms. The SMILES string of the molecule is CCSc1ccccc1C(=O)n1ccn(S(=O)(=O)c2ccc(C)c(C)c2)c1=O. The van der Waals surface area contributed by atoms with Crippen molar-refractivity contribution < 1.29 is 13.2 Å². The smallest absolute Gasteiger partial charge is 0.268 e. The van der Waals surface area contributed by atoms with Crippen LogP contribution in [0.5, 0.6) is 0 Å². The Balaban J connectivity index is 2.06. The first-order valence-electron chi connectivity index (χ1n) is 8.66. The number of rotatable bonds is 5. The monoisotopic (exact) mass is 416 g/mol. The zero-order valence-corrected chi connectivity index (χ0v) is 17.4. The second-order valence-electron chi connectivity index (χ2n) is 6.23. The third kappa shape index (κ3) is 3.57. The standard InChI is InChI=1S/C20H20N2O4S2/c1-4-27-18-8-6-5-7-17(18)19(23)21-11-12-22(20(21)24)28(25,26)16-10-9-14(2)15(3)13-16/h5-13H,4H2,1-3H3. The molecule has 0 aliphatic rings. The summed E-state index contributed by atoms with van der Waals surface area (Å²) in [5, 5.41) is 0. The molecule has 2 aromatic carbocycles. The van der Waals surface area contributed by atoms with E-state index in [1.165, 1.54) is 30.1 Å². The molecule has 0 spiro atoms. The van der Waals surface area contributed by atoms with Crippen LogP contribution in [0.2, 0.25) is 0 Å². The molecule has 0 radical (unpaired) electrons. The molecule has 0 fully saturated rings. The van der Waals surface area contributed by atoms with E-state index in [9.17, 15) is 18.0 Å². The first-order valence-corrected chi connectivity index (χ1v) is 11.1. The van der Waals surface area contributed by atoms with E-state index in [1.807, 2.05) is 19.9 Å². The van der Waals surface area contributed by atoms with Gasteiger partial charge in [0.2, 0.25) is 0 Å². The molecule has 1 aromatic heterocycles. The minimum atomic E-state index is -4.10. The van der Waals surface area contributed by atoms with E-state index >= 15 is 0 Å². The number of carbonyl (C=O) groups excluding carboxylic acids is 1. The molecular formula is C20H20N2O4S2. The van der Waals surface area contributed by atoms with Gasteiger partial charge in [-0.25, -0.2) is 17.8 Å². The zero-order valence-electron chi connectivity index (χ0n) is 15.7. The summed E-state index contributed by atoms with van der Waals surface area (Å²) in [5.41, 5.74) is 1.19. The fourth-order valence-corrected chi connectivity index (χ4v) is 4.84. The molecule has 0 saturated carbocycles. The summed E-state index contributed by atoms with van der Waals surface area (Å²) < 4.78 is 27.2. The lowest BCUT2D eigenvalue weighted by Crippen LogP contribution is -2.32. The second-order valence-corrected chi connectivity index (χ2v) is 9.35. The summed E-state index contributed by atoms with van der Waals surface area (Å²) in [6.45, 7) is 5.64. The molecule has 3 rings (SSSR count). The Bertz CT molecular complexity index is 1210. The largest absolute Gasteiger partial charge is 0.349 e. The molecule has 0 amide bonds. The van der Waals surface area contributed by atoms with Gasteiger partial charge in [-0.3, -0.25) is 4.79 Å². The van der Waals surface area contributed by atoms with Crippen molar-refractivity contribution in [1.29, 1.82) is 0 Å². The van der Waals surface area contributed by atoms with Gasteiger partial charge in [-0.15, -0.1) is 11.8 Å². The summed E-state index contributed by atoms with van der Waals surface area (Å²) in [6.07, 6.45) is 2.30. The molecule has 0 bridgehead atoms. The predicted octanol–water partition coefficient (Wildman–Crippen LogP) is 3.30. The Kier molecular flexibility index (Phi) is 5.62. The van der Waals surface area contributed by atoms with Crippen LogP contribution in [0.1, 0.15) is 28.4 Å². The highest BCUT2D eigenvalue weighted by molar-refractivity contribution is 7.99. The minimum Gasteiger partial charge on any atom is -0.268 e. The molecule has 146 valence electrons. The van der Waals surface area contributed by atoms with Crippen LogP contribution >= 0.6 is 11.8 Å². The Morgan fingerprint density at radius 2 is 1.75 bits per heavy atom. The molecule has 0 aliphatic carbocycles. The van der Waals surface area contributed by atoms with Crippen LogP contribution < -0.4 is 5.69 Å². The van der Waals surface area contributed by atoms with Crippen LogP contribution in [0.25, 0.3) is 0 Å². The van der Waals surface area contributed by atoms with E-state index in [0.29, 0.717) is 9.54 Å². The number of thioether (sulfide) groups is 1. The fourth-order valence-electron chi connectivity index (χ4n) is 2.74. The van der Waals surface area contributed by atoms with E-state index < -0.39 is 21.6 Å². The van der Waals surface area contributed by atoms with Gasteiger partial charge in [0.05, 0.1) is 10.5 Å². The number of imidazole rings is 1. The van der Waals surface area contributed by atoms with Crippen LogP contribution in [0.15, 0.2) is 69.4 Å². The van der Waals surface area contributed by atoms with Crippen LogP contribution in [0.4, 0.5) is 0 Å². The summed E-state index contributed by atoms with van der Waals surface area (Å²) in [5.74, 6) is 0.206. The number of carbonyl (C=O) groups is 1. The van der Waals surface area contributed by atoms with Gasteiger partial charge in [0.1, 0.15) is 0 Å². The van der Waals surface area contributed by atoms with Gasteiger partial charge in [0.25, 0.3) is 15.9 Å². The number of hydrogen-bond acceptors (Lipinski definition) is 5. The highest BCUT2D eigenvalue weighted by Gasteiger charge is 2.24. The average Bonchev–Trinajstić information content (AvgIpc) is 3.06. The highest BCUT2D eigenvalue weighted by Crippen LogP contribution is 2.23. The highest BCUT2D eigenvalue weighted by atomic mass is 32.2. The maximum atomic E-state index is 12.9. The Morgan fingerprint density at radius 1 is 1.04 bits per heavy atom.